The van der Waals surface area contributed by atoms with Gasteiger partial charge in [-0.1, -0.05) is 25.2 Å². The third-order valence-corrected chi connectivity index (χ3v) is 5.01. The average molecular weight is 246 g/mol. The molecule has 2 fully saturated rings. The summed E-state index contributed by atoms with van der Waals surface area (Å²) >= 11 is 0. The molecule has 2 aliphatic carbocycles. The van der Waals surface area contributed by atoms with E-state index in [4.69, 9.17) is 0 Å². The molecule has 1 aliphatic heterocycles. The van der Waals surface area contributed by atoms with Crippen LogP contribution in [0.5, 0.6) is 0 Å². The zero-order valence-corrected chi connectivity index (χ0v) is 11.7. The molecular formula is C16H26N2. The highest BCUT2D eigenvalue weighted by atomic mass is 15.3. The first-order chi connectivity index (χ1) is 8.82. The van der Waals surface area contributed by atoms with E-state index in [-0.39, 0.29) is 0 Å². The van der Waals surface area contributed by atoms with Crippen LogP contribution in [-0.4, -0.2) is 48.1 Å². The van der Waals surface area contributed by atoms with E-state index in [1.807, 2.05) is 0 Å². The summed E-state index contributed by atoms with van der Waals surface area (Å²) in [5, 5.41) is 0. The highest BCUT2D eigenvalue weighted by Crippen LogP contribution is 2.44. The molecule has 0 N–H and O–H groups in total. The lowest BCUT2D eigenvalue weighted by molar-refractivity contribution is 0.0879. The first-order valence-electron chi connectivity index (χ1n) is 7.65. The molecule has 1 saturated heterocycles. The maximum Gasteiger partial charge on any atom is 0.0231 e. The molecule has 2 heteroatoms. The summed E-state index contributed by atoms with van der Waals surface area (Å²) in [6.07, 6.45) is 13.8. The summed E-state index contributed by atoms with van der Waals surface area (Å²) in [7, 11) is 0. The van der Waals surface area contributed by atoms with E-state index in [1.54, 1.807) is 0 Å². The number of hydrogen-bond donors (Lipinski definition) is 0. The van der Waals surface area contributed by atoms with Gasteiger partial charge in [0.2, 0.25) is 0 Å². The van der Waals surface area contributed by atoms with Crippen molar-refractivity contribution >= 4 is 0 Å². The Morgan fingerprint density at radius 3 is 2.44 bits per heavy atom. The lowest BCUT2D eigenvalue weighted by Crippen LogP contribution is -2.51. The van der Waals surface area contributed by atoms with Gasteiger partial charge in [0.15, 0.2) is 0 Å². The van der Waals surface area contributed by atoms with Crippen molar-refractivity contribution < 1.29 is 0 Å². The number of hydrogen-bond acceptors (Lipinski definition) is 2. The minimum atomic E-state index is 0.621. The van der Waals surface area contributed by atoms with Crippen LogP contribution in [0.15, 0.2) is 23.8 Å². The van der Waals surface area contributed by atoms with Crippen LogP contribution >= 0.6 is 0 Å². The molecule has 0 bridgehead atoms. The van der Waals surface area contributed by atoms with Crippen LogP contribution in [0.1, 0.15) is 39.0 Å². The van der Waals surface area contributed by atoms with Crippen LogP contribution < -0.4 is 0 Å². The second-order valence-corrected chi connectivity index (χ2v) is 6.10. The number of rotatable bonds is 4. The van der Waals surface area contributed by atoms with E-state index in [1.165, 1.54) is 70.4 Å². The van der Waals surface area contributed by atoms with Crippen molar-refractivity contribution in [1.82, 2.24) is 9.80 Å². The smallest absolute Gasteiger partial charge is 0.0231 e. The van der Waals surface area contributed by atoms with Crippen molar-refractivity contribution in [2.45, 2.75) is 44.6 Å². The third kappa shape index (κ3) is 2.55. The molecule has 0 aromatic rings. The quantitative estimate of drug-likeness (QED) is 0.752. The van der Waals surface area contributed by atoms with Crippen LogP contribution in [0, 0.1) is 0 Å². The standard InChI is InChI=1S/C16H26N2/c1-2-16(8-9-16)18-12-10-17(11-13-18)14-15-6-4-3-5-7-15/h4,6-7H,2-3,5,8-14H2,1H3. The molecule has 18 heavy (non-hydrogen) atoms. The van der Waals surface area contributed by atoms with Crippen molar-refractivity contribution in [3.05, 3.63) is 23.8 Å². The van der Waals surface area contributed by atoms with Gasteiger partial charge in [0.25, 0.3) is 0 Å². The second-order valence-electron chi connectivity index (χ2n) is 6.10. The normalized spacial score (nSPS) is 28.2. The van der Waals surface area contributed by atoms with Crippen LogP contribution in [-0.2, 0) is 0 Å². The molecule has 0 radical (unpaired) electrons. The minimum Gasteiger partial charge on any atom is -0.297 e. The molecule has 0 atom stereocenters. The summed E-state index contributed by atoms with van der Waals surface area (Å²) in [6.45, 7) is 8.61. The Hall–Kier alpha value is -0.600. The first kappa shape index (κ1) is 12.4. The Morgan fingerprint density at radius 2 is 1.89 bits per heavy atom. The molecule has 0 unspecified atom stereocenters. The molecule has 0 aromatic carbocycles. The van der Waals surface area contributed by atoms with E-state index in [9.17, 15) is 0 Å². The van der Waals surface area contributed by atoms with Gasteiger partial charge < -0.3 is 0 Å². The summed E-state index contributed by atoms with van der Waals surface area (Å²) in [5.74, 6) is 0. The van der Waals surface area contributed by atoms with Crippen LogP contribution in [0.3, 0.4) is 0 Å². The van der Waals surface area contributed by atoms with Crippen molar-refractivity contribution in [3.63, 3.8) is 0 Å². The van der Waals surface area contributed by atoms with E-state index in [2.05, 4.69) is 35.0 Å². The van der Waals surface area contributed by atoms with Gasteiger partial charge >= 0.3 is 0 Å². The molecule has 0 spiro atoms. The molecule has 0 aromatic heterocycles. The number of piperazine rings is 1. The van der Waals surface area contributed by atoms with Crippen LogP contribution in [0.25, 0.3) is 0 Å². The third-order valence-electron chi connectivity index (χ3n) is 5.01. The first-order valence-corrected chi connectivity index (χ1v) is 7.65. The second kappa shape index (κ2) is 5.18. The molecule has 3 rings (SSSR count). The van der Waals surface area contributed by atoms with Crippen molar-refractivity contribution in [2.75, 3.05) is 32.7 Å². The summed E-state index contributed by atoms with van der Waals surface area (Å²) in [4.78, 5) is 5.39. The molecule has 3 aliphatic rings. The highest BCUT2D eigenvalue weighted by molar-refractivity contribution is 5.23. The zero-order chi connectivity index (χ0) is 12.4. The van der Waals surface area contributed by atoms with Gasteiger partial charge in [0, 0.05) is 38.3 Å². The maximum absolute atomic E-state index is 2.76. The molecule has 1 heterocycles. The van der Waals surface area contributed by atoms with Gasteiger partial charge in [-0.05, 0) is 37.7 Å². The fourth-order valence-electron chi connectivity index (χ4n) is 3.46. The predicted molar refractivity (Wildman–Crippen MR) is 76.7 cm³/mol. The summed E-state index contributed by atoms with van der Waals surface area (Å²) in [5.41, 5.74) is 2.15. The minimum absolute atomic E-state index is 0.621. The van der Waals surface area contributed by atoms with E-state index < -0.39 is 0 Å². The Bertz CT molecular complexity index is 344. The predicted octanol–water partition coefficient (Wildman–Crippen LogP) is 2.82. The Kier molecular flexibility index (Phi) is 3.58. The van der Waals surface area contributed by atoms with E-state index >= 15 is 0 Å². The number of allylic oxidation sites excluding steroid dienone is 2. The van der Waals surface area contributed by atoms with Gasteiger partial charge in [-0.3, -0.25) is 9.80 Å². The van der Waals surface area contributed by atoms with Crippen molar-refractivity contribution in [3.8, 4) is 0 Å². The molecule has 0 amide bonds. The topological polar surface area (TPSA) is 6.48 Å². The molecule has 2 nitrogen and oxygen atoms in total. The SMILES string of the molecule is CCC1(N2CCN(CC3=CCCC=C3)CC2)CC1. The lowest BCUT2D eigenvalue weighted by atomic mass is 10.1. The molecular weight excluding hydrogens is 220 g/mol. The largest absolute Gasteiger partial charge is 0.297 e. The number of nitrogens with zero attached hydrogens (tertiary/aromatic N) is 2. The van der Waals surface area contributed by atoms with Gasteiger partial charge in [-0.25, -0.2) is 0 Å². The van der Waals surface area contributed by atoms with Gasteiger partial charge in [-0.15, -0.1) is 0 Å². The zero-order valence-electron chi connectivity index (χ0n) is 11.7. The van der Waals surface area contributed by atoms with Gasteiger partial charge in [0.1, 0.15) is 0 Å². The van der Waals surface area contributed by atoms with E-state index in [0.717, 1.165) is 0 Å². The van der Waals surface area contributed by atoms with Crippen molar-refractivity contribution in [2.24, 2.45) is 0 Å². The molecule has 100 valence electrons. The fourth-order valence-corrected chi connectivity index (χ4v) is 3.46. The monoisotopic (exact) mass is 246 g/mol. The highest BCUT2D eigenvalue weighted by Gasteiger charge is 2.46. The Labute approximate surface area is 111 Å². The van der Waals surface area contributed by atoms with Gasteiger partial charge in [0.05, 0.1) is 0 Å². The Morgan fingerprint density at radius 1 is 1.11 bits per heavy atom. The lowest BCUT2D eigenvalue weighted by Gasteiger charge is -2.39. The van der Waals surface area contributed by atoms with Crippen LogP contribution in [0.4, 0.5) is 0 Å². The van der Waals surface area contributed by atoms with Gasteiger partial charge in [-0.2, -0.15) is 0 Å². The van der Waals surface area contributed by atoms with Crippen molar-refractivity contribution in [1.29, 1.82) is 0 Å². The maximum atomic E-state index is 2.76. The average Bonchev–Trinajstić information content (AvgIpc) is 3.22. The summed E-state index contributed by atoms with van der Waals surface area (Å²) in [6, 6.07) is 0. The molecule has 1 saturated carbocycles. The fraction of sp³-hybridized carbons (Fsp3) is 0.750. The summed E-state index contributed by atoms with van der Waals surface area (Å²) < 4.78 is 0. The Balaban J connectivity index is 1.48. The van der Waals surface area contributed by atoms with E-state index in [0.29, 0.717) is 5.54 Å². The van der Waals surface area contributed by atoms with Crippen LogP contribution in [0.2, 0.25) is 0 Å².